The Hall–Kier alpha value is -3.57. The lowest BCUT2D eigenvalue weighted by molar-refractivity contribution is -0.142. The Labute approximate surface area is 197 Å². The molecule has 0 aliphatic carbocycles. The van der Waals surface area contributed by atoms with Gasteiger partial charge in [0.05, 0.1) is 16.4 Å². The molecule has 0 radical (unpaired) electrons. The van der Waals surface area contributed by atoms with Gasteiger partial charge in [-0.3, -0.25) is 4.79 Å². The first-order valence-corrected chi connectivity index (χ1v) is 12.0. The van der Waals surface area contributed by atoms with E-state index in [-0.39, 0.29) is 23.4 Å². The van der Waals surface area contributed by atoms with Crippen LogP contribution in [-0.2, 0) is 24.4 Å². The third-order valence-electron chi connectivity index (χ3n) is 5.07. The van der Waals surface area contributed by atoms with E-state index in [1.807, 2.05) is 0 Å². The Kier molecular flexibility index (Phi) is 9.90. The highest BCUT2D eigenvalue weighted by Crippen LogP contribution is 2.23. The summed E-state index contributed by atoms with van der Waals surface area (Å²) in [5.41, 5.74) is 0.523. The summed E-state index contributed by atoms with van der Waals surface area (Å²) in [5.74, 6) is -3.76. The Morgan fingerprint density at radius 3 is 2.29 bits per heavy atom. The molecule has 0 aromatic heterocycles. The van der Waals surface area contributed by atoms with Gasteiger partial charge in [0.1, 0.15) is 12.3 Å². The van der Waals surface area contributed by atoms with Crippen LogP contribution in [0.1, 0.15) is 47.5 Å². The van der Waals surface area contributed by atoms with E-state index in [1.54, 1.807) is 30.3 Å². The summed E-state index contributed by atoms with van der Waals surface area (Å²) in [5, 5.41) is 20.6. The van der Waals surface area contributed by atoms with E-state index in [4.69, 9.17) is 5.11 Å². The molecule has 0 aliphatic heterocycles. The van der Waals surface area contributed by atoms with E-state index in [0.717, 1.165) is 6.07 Å². The summed E-state index contributed by atoms with van der Waals surface area (Å²) in [6.07, 6.45) is 1.21. The maximum atomic E-state index is 12.8. The molecular weight excluding hydrogens is 464 g/mol. The number of nitrogens with one attached hydrogen (secondary N) is 2. The molecule has 0 saturated carbocycles. The van der Waals surface area contributed by atoms with Crippen LogP contribution in [0, 0.1) is 0 Å². The Morgan fingerprint density at radius 2 is 1.68 bits per heavy atom. The van der Waals surface area contributed by atoms with Gasteiger partial charge in [0.15, 0.2) is 0 Å². The van der Waals surface area contributed by atoms with E-state index in [0.29, 0.717) is 31.1 Å². The Bertz CT molecular complexity index is 1120. The lowest BCUT2D eigenvalue weighted by Crippen LogP contribution is -2.43. The van der Waals surface area contributed by atoms with Crippen molar-refractivity contribution in [1.29, 1.82) is 0 Å². The van der Waals surface area contributed by atoms with Crippen molar-refractivity contribution in [3.05, 3.63) is 65.7 Å². The number of carbonyl (C=O) groups is 4. The number of unbranched alkanes of at least 4 members (excludes halogenated alkanes) is 1. The summed E-state index contributed by atoms with van der Waals surface area (Å²) < 4.78 is 27.3. The SMILES string of the molecule is O=CC[C@H](NC(=O)C(CCCCNS(=O)(=O)c1cccc(C(=O)O)c1)c1ccccc1)C(=O)O. The van der Waals surface area contributed by atoms with Crippen LogP contribution in [0.4, 0.5) is 0 Å². The quantitative estimate of drug-likeness (QED) is 0.230. The largest absolute Gasteiger partial charge is 0.480 e. The average Bonchev–Trinajstić information content (AvgIpc) is 2.81. The smallest absolute Gasteiger partial charge is 0.335 e. The zero-order valence-electron chi connectivity index (χ0n) is 18.2. The number of amides is 1. The molecule has 0 saturated heterocycles. The van der Waals surface area contributed by atoms with Gasteiger partial charge in [0.2, 0.25) is 15.9 Å². The number of hydrogen-bond acceptors (Lipinski definition) is 6. The van der Waals surface area contributed by atoms with Crippen molar-refractivity contribution in [2.45, 2.75) is 42.5 Å². The number of aromatic carboxylic acids is 1. The van der Waals surface area contributed by atoms with Crippen molar-refractivity contribution in [2.75, 3.05) is 6.54 Å². The van der Waals surface area contributed by atoms with E-state index in [2.05, 4.69) is 10.0 Å². The van der Waals surface area contributed by atoms with E-state index >= 15 is 0 Å². The summed E-state index contributed by atoms with van der Waals surface area (Å²) in [6.45, 7) is 0.0612. The summed E-state index contributed by atoms with van der Waals surface area (Å²) in [4.78, 5) is 45.7. The average molecular weight is 491 g/mol. The lowest BCUT2D eigenvalue weighted by atomic mass is 9.92. The van der Waals surface area contributed by atoms with Crippen molar-refractivity contribution in [3.63, 3.8) is 0 Å². The highest BCUT2D eigenvalue weighted by molar-refractivity contribution is 7.89. The van der Waals surface area contributed by atoms with Crippen LogP contribution in [-0.4, -0.2) is 55.3 Å². The minimum atomic E-state index is -3.91. The zero-order chi connectivity index (χ0) is 25.1. The number of carbonyl (C=O) groups excluding carboxylic acids is 2. The molecule has 182 valence electrons. The predicted molar refractivity (Wildman–Crippen MR) is 122 cm³/mol. The molecule has 0 heterocycles. The second-order valence-electron chi connectivity index (χ2n) is 7.49. The molecule has 0 bridgehead atoms. The third-order valence-corrected chi connectivity index (χ3v) is 6.53. The Morgan fingerprint density at radius 1 is 0.971 bits per heavy atom. The number of benzene rings is 2. The van der Waals surface area contributed by atoms with Gasteiger partial charge in [-0.1, -0.05) is 42.8 Å². The second-order valence-corrected chi connectivity index (χ2v) is 9.26. The second kappa shape index (κ2) is 12.6. The Balaban J connectivity index is 1.98. The van der Waals surface area contributed by atoms with Gasteiger partial charge in [-0.25, -0.2) is 22.7 Å². The summed E-state index contributed by atoms with van der Waals surface area (Å²) >= 11 is 0. The molecule has 10 nitrogen and oxygen atoms in total. The molecule has 2 atom stereocenters. The van der Waals surface area contributed by atoms with E-state index in [1.165, 1.54) is 18.2 Å². The summed E-state index contributed by atoms with van der Waals surface area (Å²) in [7, 11) is -3.91. The minimum Gasteiger partial charge on any atom is -0.480 e. The van der Waals surface area contributed by atoms with Gasteiger partial charge < -0.3 is 20.3 Å². The monoisotopic (exact) mass is 490 g/mol. The van der Waals surface area contributed by atoms with Crippen LogP contribution in [0.15, 0.2) is 59.5 Å². The molecule has 4 N–H and O–H groups in total. The van der Waals surface area contributed by atoms with Crippen LogP contribution in [0.5, 0.6) is 0 Å². The van der Waals surface area contributed by atoms with Crippen molar-refractivity contribution in [1.82, 2.24) is 10.0 Å². The normalized spacial score (nSPS) is 12.9. The fourth-order valence-corrected chi connectivity index (χ4v) is 4.40. The van der Waals surface area contributed by atoms with Crippen LogP contribution in [0.2, 0.25) is 0 Å². The van der Waals surface area contributed by atoms with Crippen LogP contribution >= 0.6 is 0 Å². The van der Waals surface area contributed by atoms with Gasteiger partial charge >= 0.3 is 11.9 Å². The number of carboxylic acids is 2. The van der Waals surface area contributed by atoms with Crippen molar-refractivity contribution in [3.8, 4) is 0 Å². The number of carboxylic acid groups (broad SMARTS) is 2. The molecule has 2 rings (SSSR count). The van der Waals surface area contributed by atoms with E-state index in [9.17, 15) is 32.7 Å². The lowest BCUT2D eigenvalue weighted by Gasteiger charge is -2.20. The fraction of sp³-hybridized carbons (Fsp3) is 0.304. The van der Waals surface area contributed by atoms with Gasteiger partial charge in [-0.2, -0.15) is 0 Å². The molecule has 0 fully saturated rings. The highest BCUT2D eigenvalue weighted by Gasteiger charge is 2.26. The number of rotatable bonds is 14. The first kappa shape index (κ1) is 26.7. The number of hydrogen-bond donors (Lipinski definition) is 4. The molecule has 11 heteroatoms. The first-order chi connectivity index (χ1) is 16.2. The molecule has 34 heavy (non-hydrogen) atoms. The fourth-order valence-electron chi connectivity index (χ4n) is 3.28. The molecule has 0 spiro atoms. The number of aliphatic carboxylic acids is 1. The molecule has 2 aromatic carbocycles. The van der Waals surface area contributed by atoms with Gasteiger partial charge in [-0.15, -0.1) is 0 Å². The molecule has 2 aromatic rings. The maximum Gasteiger partial charge on any atom is 0.335 e. The number of sulfonamides is 1. The van der Waals surface area contributed by atoms with Crippen LogP contribution in [0.25, 0.3) is 0 Å². The standard InChI is InChI=1S/C23H26N2O8S/c26-14-12-20(23(30)31)25-21(27)19(16-7-2-1-3-8-16)11-4-5-13-24-34(32,33)18-10-6-9-17(15-18)22(28)29/h1-3,6-10,14-15,19-20,24H,4-5,11-13H2,(H,25,27)(H,28,29)(H,30,31)/t19?,20-/m0/s1. The van der Waals surface area contributed by atoms with Crippen LogP contribution in [0.3, 0.4) is 0 Å². The van der Waals surface area contributed by atoms with Crippen molar-refractivity contribution < 1.29 is 37.8 Å². The first-order valence-electron chi connectivity index (χ1n) is 10.5. The zero-order valence-corrected chi connectivity index (χ0v) is 19.0. The van der Waals surface area contributed by atoms with Gasteiger partial charge in [0.25, 0.3) is 0 Å². The summed E-state index contributed by atoms with van der Waals surface area (Å²) in [6, 6.07) is 12.4. The molecule has 0 aliphatic rings. The van der Waals surface area contributed by atoms with Crippen LogP contribution < -0.4 is 10.0 Å². The molecular formula is C23H26N2O8S. The third kappa shape index (κ3) is 7.78. The van der Waals surface area contributed by atoms with Gasteiger partial charge in [-0.05, 0) is 36.6 Å². The minimum absolute atomic E-state index is 0.0612. The van der Waals surface area contributed by atoms with Crippen molar-refractivity contribution in [2.24, 2.45) is 0 Å². The number of aldehydes is 1. The highest BCUT2D eigenvalue weighted by atomic mass is 32.2. The topological polar surface area (TPSA) is 167 Å². The van der Waals surface area contributed by atoms with Crippen molar-refractivity contribution >= 4 is 34.2 Å². The van der Waals surface area contributed by atoms with Gasteiger partial charge in [0, 0.05) is 13.0 Å². The molecule has 1 amide bonds. The molecule has 1 unspecified atom stereocenters. The predicted octanol–water partition coefficient (Wildman–Crippen LogP) is 1.78. The maximum absolute atomic E-state index is 12.8. The van der Waals surface area contributed by atoms with E-state index < -0.39 is 39.8 Å².